The highest BCUT2D eigenvalue weighted by Gasteiger charge is 2.29. The number of Topliss-reactive ketones (excluding diaryl/α,β-unsaturated/α-hetero) is 1. The van der Waals surface area contributed by atoms with Gasteiger partial charge in [0, 0.05) is 32.0 Å². The Morgan fingerprint density at radius 3 is 3.00 bits per heavy atom. The molecular weight excluding hydrogens is 214 g/mol. The number of piperidine rings is 1. The molecule has 1 heterocycles. The molecule has 1 aliphatic carbocycles. The molecule has 0 radical (unpaired) electrons. The average molecular weight is 239 g/mol. The Hall–Kier alpha value is -0.410. The second-order valence-electron chi connectivity index (χ2n) is 5.42. The number of carbonyl (C=O) groups excluding carboxylic acids is 1. The maximum absolute atomic E-state index is 11.5. The molecule has 2 unspecified atom stereocenters. The van der Waals surface area contributed by atoms with Crippen LogP contribution in [0.5, 0.6) is 0 Å². The quantitative estimate of drug-likeness (QED) is 0.754. The zero-order valence-electron chi connectivity index (χ0n) is 11.0. The van der Waals surface area contributed by atoms with Crippen LogP contribution in [0.4, 0.5) is 0 Å². The Labute approximate surface area is 105 Å². The molecule has 17 heavy (non-hydrogen) atoms. The minimum atomic E-state index is 0.403. The molecule has 2 atom stereocenters. The summed E-state index contributed by atoms with van der Waals surface area (Å²) in [6, 6.07) is 0.504. The Bertz CT molecular complexity index is 255. The first-order chi connectivity index (χ1) is 8.29. The van der Waals surface area contributed by atoms with E-state index in [9.17, 15) is 4.79 Å². The van der Waals surface area contributed by atoms with Crippen molar-refractivity contribution in [2.24, 2.45) is 0 Å². The van der Waals surface area contributed by atoms with Crippen molar-refractivity contribution < 1.29 is 9.53 Å². The summed E-state index contributed by atoms with van der Waals surface area (Å²) in [6.45, 7) is 5.23. The van der Waals surface area contributed by atoms with Crippen molar-refractivity contribution in [2.75, 3.05) is 19.7 Å². The lowest BCUT2D eigenvalue weighted by Gasteiger charge is -2.39. The van der Waals surface area contributed by atoms with Gasteiger partial charge in [0.2, 0.25) is 0 Å². The van der Waals surface area contributed by atoms with Gasteiger partial charge in [0.05, 0.1) is 6.10 Å². The minimum Gasteiger partial charge on any atom is -0.377 e. The fourth-order valence-electron chi connectivity index (χ4n) is 3.03. The fraction of sp³-hybridized carbons (Fsp3) is 0.929. The number of ketones is 1. The van der Waals surface area contributed by atoms with Crippen LogP contribution in [0.2, 0.25) is 0 Å². The lowest BCUT2D eigenvalue weighted by molar-refractivity contribution is -0.122. The van der Waals surface area contributed by atoms with E-state index >= 15 is 0 Å². The van der Waals surface area contributed by atoms with Gasteiger partial charge in [-0.25, -0.2) is 0 Å². The summed E-state index contributed by atoms with van der Waals surface area (Å²) in [5.74, 6) is 0.456. The molecule has 3 nitrogen and oxygen atoms in total. The lowest BCUT2D eigenvalue weighted by atomic mass is 9.91. The molecular formula is C14H25NO2. The van der Waals surface area contributed by atoms with Crippen LogP contribution in [0.25, 0.3) is 0 Å². The molecule has 0 aromatic rings. The van der Waals surface area contributed by atoms with E-state index < -0.39 is 0 Å². The molecule has 2 aliphatic rings. The van der Waals surface area contributed by atoms with Crippen molar-refractivity contribution in [1.82, 2.24) is 4.90 Å². The molecule has 0 aromatic heterocycles. The maximum Gasteiger partial charge on any atom is 0.134 e. The van der Waals surface area contributed by atoms with E-state index in [1.165, 1.54) is 19.3 Å². The van der Waals surface area contributed by atoms with E-state index in [2.05, 4.69) is 11.8 Å². The number of nitrogens with zero attached hydrogens (tertiary/aromatic N) is 1. The molecule has 3 heteroatoms. The molecule has 1 saturated carbocycles. The average Bonchev–Trinajstić information content (AvgIpc) is 2.37. The van der Waals surface area contributed by atoms with Crippen LogP contribution in [0, 0.1) is 0 Å². The second kappa shape index (κ2) is 6.50. The molecule has 0 amide bonds. The number of ether oxygens (including phenoxy) is 1. The summed E-state index contributed by atoms with van der Waals surface area (Å²) in [5.41, 5.74) is 0. The van der Waals surface area contributed by atoms with Crippen molar-refractivity contribution in [2.45, 2.75) is 64.0 Å². The topological polar surface area (TPSA) is 29.5 Å². The van der Waals surface area contributed by atoms with Gasteiger partial charge in [0.25, 0.3) is 0 Å². The van der Waals surface area contributed by atoms with E-state index in [1.54, 1.807) is 0 Å². The number of rotatable bonds is 4. The molecule has 98 valence electrons. The van der Waals surface area contributed by atoms with E-state index in [-0.39, 0.29) is 0 Å². The van der Waals surface area contributed by atoms with Gasteiger partial charge >= 0.3 is 0 Å². The summed E-state index contributed by atoms with van der Waals surface area (Å²) < 4.78 is 5.85. The smallest absolute Gasteiger partial charge is 0.134 e. The van der Waals surface area contributed by atoms with Gasteiger partial charge in [-0.05, 0) is 38.6 Å². The maximum atomic E-state index is 11.5. The van der Waals surface area contributed by atoms with Crippen LogP contribution < -0.4 is 0 Å². The van der Waals surface area contributed by atoms with E-state index in [4.69, 9.17) is 4.74 Å². The minimum absolute atomic E-state index is 0.403. The number of likely N-dealkylation sites (tertiary alicyclic amines) is 1. The van der Waals surface area contributed by atoms with Crippen LogP contribution in [0.1, 0.15) is 51.9 Å². The SMILES string of the molecule is CCCOC1CCCN(C2CCCC(=O)C2)C1. The molecule has 2 fully saturated rings. The summed E-state index contributed by atoms with van der Waals surface area (Å²) in [5, 5.41) is 0. The Balaban J connectivity index is 1.81. The van der Waals surface area contributed by atoms with Crippen molar-refractivity contribution >= 4 is 5.78 Å². The highest BCUT2D eigenvalue weighted by Crippen LogP contribution is 2.24. The largest absolute Gasteiger partial charge is 0.377 e. The first-order valence-corrected chi connectivity index (χ1v) is 7.17. The van der Waals surface area contributed by atoms with Crippen molar-refractivity contribution in [3.8, 4) is 0 Å². The van der Waals surface area contributed by atoms with Gasteiger partial charge in [-0.2, -0.15) is 0 Å². The normalized spacial score (nSPS) is 31.7. The Kier molecular flexibility index (Phi) is 4.99. The number of hydrogen-bond donors (Lipinski definition) is 0. The number of carbonyl (C=O) groups is 1. The molecule has 0 N–H and O–H groups in total. The van der Waals surface area contributed by atoms with Crippen LogP contribution in [-0.2, 0) is 9.53 Å². The molecule has 1 aliphatic heterocycles. The van der Waals surface area contributed by atoms with Gasteiger partial charge in [-0.15, -0.1) is 0 Å². The van der Waals surface area contributed by atoms with Crippen molar-refractivity contribution in [3.05, 3.63) is 0 Å². The third kappa shape index (κ3) is 3.78. The molecule has 0 bridgehead atoms. The first-order valence-electron chi connectivity index (χ1n) is 7.17. The highest BCUT2D eigenvalue weighted by atomic mass is 16.5. The second-order valence-corrected chi connectivity index (χ2v) is 5.42. The van der Waals surface area contributed by atoms with Gasteiger partial charge in [0.1, 0.15) is 5.78 Å². The standard InChI is InChI=1S/C14H25NO2/c1-2-9-17-14-7-4-8-15(11-14)12-5-3-6-13(16)10-12/h12,14H,2-11H2,1H3. The summed E-state index contributed by atoms with van der Waals surface area (Å²) in [4.78, 5) is 14.0. The van der Waals surface area contributed by atoms with E-state index in [0.29, 0.717) is 17.9 Å². The van der Waals surface area contributed by atoms with Crippen LogP contribution >= 0.6 is 0 Å². The van der Waals surface area contributed by atoms with Gasteiger partial charge < -0.3 is 4.74 Å². The summed E-state index contributed by atoms with van der Waals surface area (Å²) in [7, 11) is 0. The molecule has 0 aromatic carbocycles. The van der Waals surface area contributed by atoms with E-state index in [0.717, 1.165) is 45.4 Å². The molecule has 2 rings (SSSR count). The third-order valence-corrected chi connectivity index (χ3v) is 3.94. The Morgan fingerprint density at radius 2 is 2.24 bits per heavy atom. The fourth-order valence-corrected chi connectivity index (χ4v) is 3.03. The summed E-state index contributed by atoms with van der Waals surface area (Å²) >= 11 is 0. The predicted octanol–water partition coefficient (Wildman–Crippen LogP) is 2.39. The monoisotopic (exact) mass is 239 g/mol. The van der Waals surface area contributed by atoms with E-state index in [1.807, 2.05) is 0 Å². The Morgan fingerprint density at radius 1 is 1.35 bits per heavy atom. The zero-order valence-corrected chi connectivity index (χ0v) is 11.0. The van der Waals surface area contributed by atoms with Gasteiger partial charge in [-0.3, -0.25) is 9.69 Å². The van der Waals surface area contributed by atoms with Gasteiger partial charge in [-0.1, -0.05) is 6.92 Å². The van der Waals surface area contributed by atoms with Gasteiger partial charge in [0.15, 0.2) is 0 Å². The highest BCUT2D eigenvalue weighted by molar-refractivity contribution is 5.79. The third-order valence-electron chi connectivity index (χ3n) is 3.94. The lowest BCUT2D eigenvalue weighted by Crippen LogP contribution is -2.47. The number of hydrogen-bond acceptors (Lipinski definition) is 3. The van der Waals surface area contributed by atoms with Crippen LogP contribution in [0.15, 0.2) is 0 Å². The van der Waals surface area contributed by atoms with Crippen LogP contribution in [0.3, 0.4) is 0 Å². The molecule has 0 spiro atoms. The first kappa shape index (κ1) is 13.0. The van der Waals surface area contributed by atoms with Crippen molar-refractivity contribution in [3.63, 3.8) is 0 Å². The molecule has 1 saturated heterocycles. The van der Waals surface area contributed by atoms with Crippen molar-refractivity contribution in [1.29, 1.82) is 0 Å². The zero-order chi connectivity index (χ0) is 12.1. The summed E-state index contributed by atoms with van der Waals surface area (Å²) in [6.07, 6.45) is 7.78. The predicted molar refractivity (Wildman–Crippen MR) is 68.1 cm³/mol. The van der Waals surface area contributed by atoms with Crippen LogP contribution in [-0.4, -0.2) is 42.5 Å².